The van der Waals surface area contributed by atoms with Crippen LogP contribution >= 0.6 is 0 Å². The van der Waals surface area contributed by atoms with Gasteiger partial charge in [-0.2, -0.15) is 0 Å². The Balaban J connectivity index is 1.66. The molecule has 1 saturated heterocycles. The highest BCUT2D eigenvalue weighted by atomic mass is 16.5. The maximum Gasteiger partial charge on any atom is 0.253 e. The van der Waals surface area contributed by atoms with Crippen LogP contribution in [0.15, 0.2) is 18.5 Å². The highest BCUT2D eigenvalue weighted by molar-refractivity contribution is 5.94. The molecule has 1 aromatic heterocycles. The molecule has 2 N–H and O–H groups in total. The van der Waals surface area contributed by atoms with Gasteiger partial charge in [-0.25, -0.2) is 0 Å². The maximum absolute atomic E-state index is 12.0. The van der Waals surface area contributed by atoms with Crippen LogP contribution in [-0.2, 0) is 4.74 Å². The first-order valence-corrected chi connectivity index (χ1v) is 6.30. The summed E-state index contributed by atoms with van der Waals surface area (Å²) in [7, 11) is 0. The van der Waals surface area contributed by atoms with E-state index in [1.54, 1.807) is 0 Å². The lowest BCUT2D eigenvalue weighted by molar-refractivity contribution is 0.0729. The molecular weight excluding hydrogens is 232 g/mol. The summed E-state index contributed by atoms with van der Waals surface area (Å²) in [6, 6.07) is 1.51. The van der Waals surface area contributed by atoms with Gasteiger partial charge in [0.15, 0.2) is 0 Å². The molecule has 0 bridgehead atoms. The quantitative estimate of drug-likeness (QED) is 0.839. The monoisotopic (exact) mass is 248 g/mol. The van der Waals surface area contributed by atoms with Crippen molar-refractivity contribution in [1.29, 1.82) is 0 Å². The second kappa shape index (κ2) is 4.57. The van der Waals surface area contributed by atoms with Crippen molar-refractivity contribution in [2.24, 2.45) is 5.92 Å². The normalized spacial score (nSPS) is 27.1. The zero-order valence-corrected chi connectivity index (χ0v) is 10.0. The number of nitrogens with one attached hydrogen (secondary N) is 1. The molecule has 2 heterocycles. The van der Waals surface area contributed by atoms with Crippen molar-refractivity contribution < 1.29 is 14.6 Å². The van der Waals surface area contributed by atoms with Crippen LogP contribution < -0.4 is 5.32 Å². The van der Waals surface area contributed by atoms with E-state index < -0.39 is 0 Å². The van der Waals surface area contributed by atoms with Crippen LogP contribution in [0.25, 0.3) is 0 Å². The number of aromatic nitrogens is 1. The van der Waals surface area contributed by atoms with Gasteiger partial charge in [-0.15, -0.1) is 0 Å². The predicted molar refractivity (Wildman–Crippen MR) is 64.2 cm³/mol. The molecule has 0 spiro atoms. The number of hydrogen-bond donors (Lipinski definition) is 2. The highest BCUT2D eigenvalue weighted by Gasteiger charge is 2.41. The van der Waals surface area contributed by atoms with E-state index in [0.717, 1.165) is 6.42 Å². The van der Waals surface area contributed by atoms with Gasteiger partial charge >= 0.3 is 0 Å². The number of carbonyl (C=O) groups is 1. The molecule has 0 radical (unpaired) electrons. The summed E-state index contributed by atoms with van der Waals surface area (Å²) < 4.78 is 5.67. The molecule has 1 aromatic rings. The fraction of sp³-hybridized carbons (Fsp3) is 0.538. The Morgan fingerprint density at radius 3 is 2.94 bits per heavy atom. The molecule has 1 saturated carbocycles. The third-order valence-corrected chi connectivity index (χ3v) is 3.52. The van der Waals surface area contributed by atoms with Gasteiger partial charge in [-0.3, -0.25) is 9.78 Å². The van der Waals surface area contributed by atoms with E-state index >= 15 is 0 Å². The fourth-order valence-corrected chi connectivity index (χ4v) is 2.46. The van der Waals surface area contributed by atoms with Gasteiger partial charge < -0.3 is 15.2 Å². The van der Waals surface area contributed by atoms with Crippen molar-refractivity contribution in [3.05, 3.63) is 24.0 Å². The number of pyridine rings is 1. The lowest BCUT2D eigenvalue weighted by Crippen LogP contribution is -2.41. The van der Waals surface area contributed by atoms with Crippen LogP contribution in [-0.4, -0.2) is 34.8 Å². The van der Waals surface area contributed by atoms with Crippen molar-refractivity contribution in [3.63, 3.8) is 0 Å². The molecule has 2 atom stereocenters. The van der Waals surface area contributed by atoms with Crippen LogP contribution in [0.5, 0.6) is 5.75 Å². The molecule has 2 unspecified atom stereocenters. The smallest absolute Gasteiger partial charge is 0.253 e. The van der Waals surface area contributed by atoms with Crippen molar-refractivity contribution in [2.75, 3.05) is 6.61 Å². The van der Waals surface area contributed by atoms with E-state index in [9.17, 15) is 9.90 Å². The molecule has 3 rings (SSSR count). The molecule has 1 amide bonds. The number of amides is 1. The summed E-state index contributed by atoms with van der Waals surface area (Å²) in [4.78, 5) is 15.8. The Labute approximate surface area is 105 Å². The van der Waals surface area contributed by atoms with Crippen molar-refractivity contribution in [1.82, 2.24) is 10.3 Å². The van der Waals surface area contributed by atoms with E-state index in [4.69, 9.17) is 4.74 Å². The maximum atomic E-state index is 12.0. The minimum absolute atomic E-state index is 0.00376. The standard InChI is InChI=1S/C13H16N2O3/c16-10-5-9(6-14-7-10)13(17)15-11-3-4-18-12(11)8-1-2-8/h5-8,11-12,16H,1-4H2,(H,15,17). The van der Waals surface area contributed by atoms with Gasteiger partial charge in [0.25, 0.3) is 5.91 Å². The van der Waals surface area contributed by atoms with Gasteiger partial charge in [0, 0.05) is 12.8 Å². The zero-order valence-electron chi connectivity index (χ0n) is 10.0. The van der Waals surface area contributed by atoms with E-state index in [2.05, 4.69) is 10.3 Å². The summed E-state index contributed by atoms with van der Waals surface area (Å²) in [5, 5.41) is 12.3. The Morgan fingerprint density at radius 2 is 2.22 bits per heavy atom. The Morgan fingerprint density at radius 1 is 1.39 bits per heavy atom. The molecule has 5 nitrogen and oxygen atoms in total. The summed E-state index contributed by atoms with van der Waals surface area (Å²) in [5.41, 5.74) is 0.386. The molecular formula is C13H16N2O3. The predicted octanol–water partition coefficient (Wildman–Crippen LogP) is 1.08. The summed E-state index contributed by atoms with van der Waals surface area (Å²) in [6.45, 7) is 0.713. The van der Waals surface area contributed by atoms with Crippen molar-refractivity contribution in [3.8, 4) is 5.75 Å². The van der Waals surface area contributed by atoms with E-state index in [-0.39, 0.29) is 23.8 Å². The van der Waals surface area contributed by atoms with Crippen LogP contribution in [0.1, 0.15) is 29.6 Å². The first kappa shape index (κ1) is 11.5. The average molecular weight is 248 g/mol. The number of hydrogen-bond acceptors (Lipinski definition) is 4. The molecule has 18 heavy (non-hydrogen) atoms. The Bertz CT molecular complexity index is 459. The second-order valence-corrected chi connectivity index (χ2v) is 4.97. The van der Waals surface area contributed by atoms with Crippen LogP contribution in [0.3, 0.4) is 0 Å². The van der Waals surface area contributed by atoms with Crippen molar-refractivity contribution in [2.45, 2.75) is 31.4 Å². The van der Waals surface area contributed by atoms with E-state index in [1.165, 1.54) is 31.3 Å². The van der Waals surface area contributed by atoms with Gasteiger partial charge in [0.1, 0.15) is 5.75 Å². The molecule has 2 aliphatic rings. The minimum atomic E-state index is -0.195. The first-order valence-electron chi connectivity index (χ1n) is 6.30. The number of carbonyl (C=O) groups excluding carboxylic acids is 1. The lowest BCUT2D eigenvalue weighted by Gasteiger charge is -2.19. The first-order chi connectivity index (χ1) is 8.74. The molecule has 5 heteroatoms. The summed E-state index contributed by atoms with van der Waals surface area (Å²) in [6.07, 6.45) is 6.19. The SMILES string of the molecule is O=C(NC1CCOC1C1CC1)c1cncc(O)c1. The molecule has 1 aliphatic heterocycles. The topological polar surface area (TPSA) is 71.5 Å². The number of rotatable bonds is 3. The average Bonchev–Trinajstić information content (AvgIpc) is 3.10. The van der Waals surface area contributed by atoms with E-state index in [0.29, 0.717) is 18.1 Å². The van der Waals surface area contributed by atoms with Crippen LogP contribution in [0, 0.1) is 5.92 Å². The summed E-state index contributed by atoms with van der Waals surface area (Å²) in [5.74, 6) is 0.420. The molecule has 1 aliphatic carbocycles. The third kappa shape index (κ3) is 2.31. The second-order valence-electron chi connectivity index (χ2n) is 4.97. The minimum Gasteiger partial charge on any atom is -0.506 e. The van der Waals surface area contributed by atoms with Gasteiger partial charge in [-0.05, 0) is 31.2 Å². The highest BCUT2D eigenvalue weighted by Crippen LogP contribution is 2.38. The molecule has 96 valence electrons. The lowest BCUT2D eigenvalue weighted by atomic mass is 10.1. The third-order valence-electron chi connectivity index (χ3n) is 3.52. The van der Waals surface area contributed by atoms with Crippen molar-refractivity contribution >= 4 is 5.91 Å². The Hall–Kier alpha value is -1.62. The largest absolute Gasteiger partial charge is 0.506 e. The zero-order chi connectivity index (χ0) is 12.5. The number of ether oxygens (including phenoxy) is 1. The van der Waals surface area contributed by atoms with Gasteiger partial charge in [0.2, 0.25) is 0 Å². The number of aromatic hydroxyl groups is 1. The van der Waals surface area contributed by atoms with Gasteiger partial charge in [-0.1, -0.05) is 0 Å². The van der Waals surface area contributed by atoms with Gasteiger partial charge in [0.05, 0.1) is 23.9 Å². The Kier molecular flexibility index (Phi) is 2.91. The van der Waals surface area contributed by atoms with Crippen LogP contribution in [0.4, 0.5) is 0 Å². The molecule has 2 fully saturated rings. The fourth-order valence-electron chi connectivity index (χ4n) is 2.46. The number of nitrogens with zero attached hydrogens (tertiary/aromatic N) is 1. The summed E-state index contributed by atoms with van der Waals surface area (Å²) >= 11 is 0. The van der Waals surface area contributed by atoms with Crippen LogP contribution in [0.2, 0.25) is 0 Å². The molecule has 0 aromatic carbocycles. The van der Waals surface area contributed by atoms with E-state index in [1.807, 2.05) is 0 Å².